The van der Waals surface area contributed by atoms with Crippen LogP contribution in [0.15, 0.2) is 66.7 Å². The van der Waals surface area contributed by atoms with Crippen LogP contribution >= 0.6 is 0 Å². The highest BCUT2D eigenvalue weighted by Crippen LogP contribution is 2.57. The zero-order valence-electron chi connectivity index (χ0n) is 19.3. The molecule has 2 aliphatic rings. The van der Waals surface area contributed by atoms with Gasteiger partial charge in [-0.2, -0.15) is 0 Å². The summed E-state index contributed by atoms with van der Waals surface area (Å²) in [4.78, 5) is 0. The van der Waals surface area contributed by atoms with Gasteiger partial charge in [0.1, 0.15) is 23.7 Å². The quantitative estimate of drug-likeness (QED) is 0.390. The van der Waals surface area contributed by atoms with E-state index in [9.17, 15) is 5.11 Å². The highest BCUT2D eigenvalue weighted by Gasteiger charge is 2.43. The Labute approximate surface area is 193 Å². The first-order valence-electron chi connectivity index (χ1n) is 11.3. The van der Waals surface area contributed by atoms with Crippen LogP contribution < -0.4 is 9.47 Å². The third kappa shape index (κ3) is 2.79. The minimum absolute atomic E-state index is 0.490. The molecule has 1 unspecified atom stereocenters. The Morgan fingerprint density at radius 3 is 2.36 bits per heavy atom. The second-order valence-electron chi connectivity index (χ2n) is 9.28. The van der Waals surface area contributed by atoms with Crippen molar-refractivity contribution in [2.45, 2.75) is 26.4 Å². The molecule has 0 saturated carbocycles. The Hall–Kier alpha value is -3.56. The van der Waals surface area contributed by atoms with E-state index in [0.29, 0.717) is 6.61 Å². The first kappa shape index (κ1) is 20.1. The molecule has 0 fully saturated rings. The van der Waals surface area contributed by atoms with Gasteiger partial charge >= 0.3 is 0 Å². The molecular weight excluding hydrogens is 408 g/mol. The molecule has 3 heteroatoms. The van der Waals surface area contributed by atoms with Gasteiger partial charge in [-0.1, -0.05) is 53.6 Å². The van der Waals surface area contributed by atoms with E-state index in [-0.39, 0.29) is 0 Å². The average Bonchev–Trinajstić information content (AvgIpc) is 3.05. The van der Waals surface area contributed by atoms with E-state index in [4.69, 9.17) is 9.47 Å². The maximum absolute atomic E-state index is 12.0. The average molecular weight is 435 g/mol. The van der Waals surface area contributed by atoms with Crippen LogP contribution in [0.5, 0.6) is 11.5 Å². The lowest BCUT2D eigenvalue weighted by Gasteiger charge is -2.29. The van der Waals surface area contributed by atoms with E-state index < -0.39 is 5.60 Å². The van der Waals surface area contributed by atoms with Gasteiger partial charge in [0, 0.05) is 16.5 Å². The van der Waals surface area contributed by atoms with Crippen molar-refractivity contribution in [2.24, 2.45) is 0 Å². The van der Waals surface area contributed by atoms with E-state index in [1.165, 1.54) is 5.56 Å². The molecular formula is C30H26O3. The van der Waals surface area contributed by atoms with E-state index in [2.05, 4.69) is 68.5 Å². The minimum atomic E-state index is -1.13. The molecule has 4 aromatic rings. The lowest BCUT2D eigenvalue weighted by Crippen LogP contribution is -2.23. The van der Waals surface area contributed by atoms with Crippen molar-refractivity contribution < 1.29 is 14.6 Å². The fourth-order valence-corrected chi connectivity index (χ4v) is 5.50. The summed E-state index contributed by atoms with van der Waals surface area (Å²) in [5.41, 5.74) is 8.42. The third-order valence-electron chi connectivity index (χ3n) is 7.06. The first-order chi connectivity index (χ1) is 15.9. The molecule has 1 aliphatic carbocycles. The maximum Gasteiger partial charge on any atom is 0.135 e. The van der Waals surface area contributed by atoms with Crippen molar-refractivity contribution in [1.82, 2.24) is 0 Å². The van der Waals surface area contributed by atoms with Crippen molar-refractivity contribution in [3.05, 3.63) is 100 Å². The molecule has 0 amide bonds. The van der Waals surface area contributed by atoms with Crippen molar-refractivity contribution in [3.63, 3.8) is 0 Å². The summed E-state index contributed by atoms with van der Waals surface area (Å²) in [6, 6.07) is 21.0. The Bertz CT molecular complexity index is 1470. The Morgan fingerprint density at radius 1 is 0.879 bits per heavy atom. The highest BCUT2D eigenvalue weighted by atomic mass is 16.5. The van der Waals surface area contributed by atoms with Crippen molar-refractivity contribution in [2.75, 3.05) is 13.7 Å². The summed E-state index contributed by atoms with van der Waals surface area (Å²) in [5.74, 6) is 1.67. The number of hydrogen-bond donors (Lipinski definition) is 1. The van der Waals surface area contributed by atoms with E-state index >= 15 is 0 Å². The van der Waals surface area contributed by atoms with Crippen LogP contribution in [0.25, 0.3) is 27.5 Å². The Morgan fingerprint density at radius 2 is 1.61 bits per heavy atom. The molecule has 0 bridgehead atoms. The molecule has 3 nitrogen and oxygen atoms in total. The summed E-state index contributed by atoms with van der Waals surface area (Å²) in [6.45, 7) is 6.58. The van der Waals surface area contributed by atoms with Gasteiger partial charge in [0.25, 0.3) is 0 Å². The molecule has 0 spiro atoms. The number of rotatable bonds is 2. The van der Waals surface area contributed by atoms with Gasteiger partial charge in [0.05, 0.1) is 7.11 Å². The second-order valence-corrected chi connectivity index (χ2v) is 9.28. The van der Waals surface area contributed by atoms with Gasteiger partial charge in [-0.25, -0.2) is 0 Å². The summed E-state index contributed by atoms with van der Waals surface area (Å²) < 4.78 is 11.7. The minimum Gasteiger partial charge on any atom is -0.497 e. The van der Waals surface area contributed by atoms with Crippen LogP contribution in [0.1, 0.15) is 40.3 Å². The Balaban J connectivity index is 1.75. The van der Waals surface area contributed by atoms with Crippen LogP contribution in [0.2, 0.25) is 0 Å². The zero-order chi connectivity index (χ0) is 22.9. The topological polar surface area (TPSA) is 38.7 Å². The molecule has 1 heterocycles. The van der Waals surface area contributed by atoms with E-state index in [1.54, 1.807) is 7.11 Å². The van der Waals surface area contributed by atoms with Crippen LogP contribution in [0, 0.1) is 13.8 Å². The lowest BCUT2D eigenvalue weighted by molar-refractivity contribution is 0.107. The number of ether oxygens (including phenoxy) is 2. The number of methoxy groups -OCH3 is 1. The maximum atomic E-state index is 12.0. The molecule has 0 radical (unpaired) electrons. The molecule has 6 rings (SSSR count). The summed E-state index contributed by atoms with van der Waals surface area (Å²) >= 11 is 0. The number of aryl methyl sites for hydroxylation is 2. The SMILES string of the molecule is COc1ccc(C2=CCOc3c2c2c(c4ccc(C)cc34)-c3ccc(C)cc3C2(C)O)cc1. The van der Waals surface area contributed by atoms with Crippen LogP contribution in [0.4, 0.5) is 0 Å². The van der Waals surface area contributed by atoms with Gasteiger partial charge in [-0.3, -0.25) is 0 Å². The van der Waals surface area contributed by atoms with Gasteiger partial charge in [0.2, 0.25) is 0 Å². The molecule has 1 N–H and O–H groups in total. The first-order valence-corrected chi connectivity index (χ1v) is 11.3. The van der Waals surface area contributed by atoms with Gasteiger partial charge < -0.3 is 14.6 Å². The molecule has 164 valence electrons. The summed E-state index contributed by atoms with van der Waals surface area (Å²) in [5, 5.41) is 14.2. The van der Waals surface area contributed by atoms with Crippen molar-refractivity contribution >= 4 is 16.3 Å². The smallest absolute Gasteiger partial charge is 0.135 e. The van der Waals surface area contributed by atoms with Crippen LogP contribution in [-0.2, 0) is 5.60 Å². The highest BCUT2D eigenvalue weighted by molar-refractivity contribution is 6.10. The number of fused-ring (bicyclic) bond motifs is 8. The fourth-order valence-electron chi connectivity index (χ4n) is 5.50. The molecule has 1 atom stereocenters. The molecule has 33 heavy (non-hydrogen) atoms. The Kier molecular flexibility index (Phi) is 4.24. The normalized spacial score (nSPS) is 18.3. The number of hydrogen-bond acceptors (Lipinski definition) is 3. The van der Waals surface area contributed by atoms with Crippen LogP contribution in [-0.4, -0.2) is 18.8 Å². The van der Waals surface area contributed by atoms with E-state index in [0.717, 1.165) is 66.8 Å². The largest absolute Gasteiger partial charge is 0.497 e. The van der Waals surface area contributed by atoms with Crippen molar-refractivity contribution in [3.8, 4) is 22.6 Å². The predicted molar refractivity (Wildman–Crippen MR) is 133 cm³/mol. The van der Waals surface area contributed by atoms with Crippen molar-refractivity contribution in [1.29, 1.82) is 0 Å². The third-order valence-corrected chi connectivity index (χ3v) is 7.06. The molecule has 1 aliphatic heterocycles. The number of aliphatic hydroxyl groups is 1. The number of benzene rings is 4. The molecule has 4 aromatic carbocycles. The van der Waals surface area contributed by atoms with E-state index in [1.807, 2.05) is 19.1 Å². The van der Waals surface area contributed by atoms with Gasteiger partial charge in [-0.15, -0.1) is 0 Å². The summed E-state index contributed by atoms with van der Waals surface area (Å²) in [7, 11) is 1.68. The lowest BCUT2D eigenvalue weighted by atomic mass is 9.81. The fraction of sp³-hybridized carbons (Fsp3) is 0.200. The predicted octanol–water partition coefficient (Wildman–Crippen LogP) is 6.53. The standard InChI is InChI=1S/C30H26O3/c1-17-5-11-22-24(15-17)29-27(21(13-14-33-29)19-7-9-20(32-4)10-8-19)28-26(22)23-12-6-18(2)16-25(23)30(28,3)31/h5-13,15-16,31H,14H2,1-4H3. The monoisotopic (exact) mass is 434 g/mol. The van der Waals surface area contributed by atoms with Crippen LogP contribution in [0.3, 0.4) is 0 Å². The van der Waals surface area contributed by atoms with Gasteiger partial charge in [-0.05, 0) is 78.3 Å². The van der Waals surface area contributed by atoms with Gasteiger partial charge in [0.15, 0.2) is 0 Å². The molecule has 0 aromatic heterocycles. The second kappa shape index (κ2) is 6.97. The summed E-state index contributed by atoms with van der Waals surface area (Å²) in [6.07, 6.45) is 2.12. The molecule has 0 saturated heterocycles. The zero-order valence-corrected chi connectivity index (χ0v) is 19.3.